The predicted molar refractivity (Wildman–Crippen MR) is 66.6 cm³/mol. The number of thioether (sulfide) groups is 1. The van der Waals surface area contributed by atoms with Crippen molar-refractivity contribution >= 4 is 23.4 Å². The first kappa shape index (κ1) is 12.1. The van der Waals surface area contributed by atoms with E-state index < -0.39 is 0 Å². The molecule has 0 radical (unpaired) electrons. The molecule has 0 fully saturated rings. The minimum Gasteiger partial charge on any atom is -0.373 e. The molecule has 16 heavy (non-hydrogen) atoms. The zero-order valence-electron chi connectivity index (χ0n) is 9.66. The Labute approximate surface area is 105 Å². The molecule has 0 aliphatic carbocycles. The van der Waals surface area contributed by atoms with Crippen molar-refractivity contribution in [1.29, 1.82) is 0 Å². The Morgan fingerprint density at radius 1 is 1.31 bits per heavy atom. The summed E-state index contributed by atoms with van der Waals surface area (Å²) >= 11 is 7.99. The Hall–Kier alpha value is -0.320. The van der Waals surface area contributed by atoms with E-state index in [0.29, 0.717) is 16.9 Å². The summed E-state index contributed by atoms with van der Waals surface area (Å²) in [5.41, 5.74) is 2.16. The van der Waals surface area contributed by atoms with E-state index >= 15 is 0 Å². The molecule has 1 aliphatic rings. The number of hydrogen-bond acceptors (Lipinski definition) is 4. The van der Waals surface area contributed by atoms with Gasteiger partial charge in [0, 0.05) is 24.2 Å². The van der Waals surface area contributed by atoms with Crippen molar-refractivity contribution < 1.29 is 4.74 Å². The molecule has 0 spiro atoms. The van der Waals surface area contributed by atoms with Crippen LogP contribution in [0.2, 0.25) is 5.15 Å². The Morgan fingerprint density at radius 3 is 2.69 bits per heavy atom. The molecule has 1 aliphatic heterocycles. The molecule has 3 nitrogen and oxygen atoms in total. The van der Waals surface area contributed by atoms with E-state index in [1.54, 1.807) is 7.11 Å². The topological polar surface area (TPSA) is 35.0 Å². The van der Waals surface area contributed by atoms with Gasteiger partial charge in [0.25, 0.3) is 0 Å². The van der Waals surface area contributed by atoms with E-state index in [4.69, 9.17) is 16.3 Å². The minimum atomic E-state index is -0.0756. The van der Waals surface area contributed by atoms with Crippen LogP contribution in [0.25, 0.3) is 0 Å². The van der Waals surface area contributed by atoms with E-state index in [2.05, 4.69) is 23.8 Å². The number of methoxy groups -OCH3 is 1. The van der Waals surface area contributed by atoms with Crippen molar-refractivity contribution in [3.05, 3.63) is 22.2 Å². The lowest BCUT2D eigenvalue weighted by molar-refractivity contribution is 0.0573. The maximum absolute atomic E-state index is 6.16. The first-order valence-electron chi connectivity index (χ1n) is 5.29. The fourth-order valence-corrected chi connectivity index (χ4v) is 3.22. The largest absolute Gasteiger partial charge is 0.373 e. The number of aromatic nitrogens is 2. The summed E-state index contributed by atoms with van der Waals surface area (Å²) in [6.45, 7) is 4.18. The molecular weight excluding hydrogens is 244 g/mol. The fourth-order valence-electron chi connectivity index (χ4n) is 1.83. The first-order valence-corrected chi connectivity index (χ1v) is 6.82. The third kappa shape index (κ3) is 2.19. The van der Waals surface area contributed by atoms with E-state index in [0.717, 1.165) is 22.8 Å². The number of nitrogens with zero attached hydrogens (tertiary/aromatic N) is 2. The smallest absolute Gasteiger partial charge is 0.159 e. The Bertz CT molecular complexity index is 398. The van der Waals surface area contributed by atoms with Crippen molar-refractivity contribution in [3.8, 4) is 0 Å². The van der Waals surface area contributed by atoms with E-state index in [1.807, 2.05) is 11.8 Å². The summed E-state index contributed by atoms with van der Waals surface area (Å²) in [6, 6.07) is 0. The predicted octanol–water partition coefficient (Wildman–Crippen LogP) is 3.22. The number of ether oxygens (including phenoxy) is 1. The van der Waals surface area contributed by atoms with Crippen LogP contribution in [0.15, 0.2) is 0 Å². The molecule has 1 aromatic heterocycles. The van der Waals surface area contributed by atoms with Crippen LogP contribution in [0.5, 0.6) is 0 Å². The molecular formula is C11H15ClN2OS. The monoisotopic (exact) mass is 258 g/mol. The van der Waals surface area contributed by atoms with Gasteiger partial charge in [0.05, 0.1) is 5.69 Å². The zero-order valence-corrected chi connectivity index (χ0v) is 11.2. The van der Waals surface area contributed by atoms with Gasteiger partial charge in [-0.25, -0.2) is 9.97 Å². The summed E-state index contributed by atoms with van der Waals surface area (Å²) in [4.78, 5) is 8.92. The molecule has 1 aromatic rings. The van der Waals surface area contributed by atoms with Crippen molar-refractivity contribution in [2.45, 2.75) is 31.5 Å². The van der Waals surface area contributed by atoms with Gasteiger partial charge in [-0.05, 0) is 5.92 Å². The van der Waals surface area contributed by atoms with E-state index in [-0.39, 0.29) is 6.10 Å². The maximum Gasteiger partial charge on any atom is 0.159 e. The zero-order chi connectivity index (χ0) is 11.7. The molecule has 2 rings (SSSR count). The standard InChI is InChI=1S/C11H15ClN2OS/c1-6(2)9(15-3)11-13-8-5-16-4-7(8)10(12)14-11/h6,9H,4-5H2,1-3H3. The van der Waals surface area contributed by atoms with Gasteiger partial charge in [0.2, 0.25) is 0 Å². The number of fused-ring (bicyclic) bond motifs is 1. The van der Waals surface area contributed by atoms with Crippen LogP contribution in [0.1, 0.15) is 37.0 Å². The van der Waals surface area contributed by atoms with Gasteiger partial charge in [-0.3, -0.25) is 0 Å². The summed E-state index contributed by atoms with van der Waals surface area (Å²) < 4.78 is 5.42. The average Bonchev–Trinajstić information content (AvgIpc) is 2.66. The maximum atomic E-state index is 6.16. The molecule has 0 saturated carbocycles. The highest BCUT2D eigenvalue weighted by atomic mass is 35.5. The lowest BCUT2D eigenvalue weighted by Crippen LogP contribution is -2.14. The molecule has 1 atom stereocenters. The summed E-state index contributed by atoms with van der Waals surface area (Å²) in [6.07, 6.45) is -0.0756. The minimum absolute atomic E-state index is 0.0756. The molecule has 0 aromatic carbocycles. The first-order chi connectivity index (χ1) is 7.63. The second-order valence-corrected chi connectivity index (χ2v) is 5.53. The van der Waals surface area contributed by atoms with Crippen molar-refractivity contribution in [1.82, 2.24) is 9.97 Å². The number of hydrogen-bond donors (Lipinski definition) is 0. The van der Waals surface area contributed by atoms with E-state index in [1.165, 1.54) is 0 Å². The van der Waals surface area contributed by atoms with Gasteiger partial charge in [-0.1, -0.05) is 25.4 Å². The van der Waals surface area contributed by atoms with Crippen molar-refractivity contribution in [2.24, 2.45) is 5.92 Å². The Morgan fingerprint density at radius 2 is 2.06 bits per heavy atom. The Kier molecular flexibility index (Phi) is 3.72. The number of rotatable bonds is 3. The van der Waals surface area contributed by atoms with Crippen molar-refractivity contribution in [3.63, 3.8) is 0 Å². The lowest BCUT2D eigenvalue weighted by Gasteiger charge is -2.18. The molecule has 2 heterocycles. The molecule has 1 unspecified atom stereocenters. The number of halogens is 1. The lowest BCUT2D eigenvalue weighted by atomic mass is 10.1. The van der Waals surface area contributed by atoms with E-state index in [9.17, 15) is 0 Å². The van der Waals surface area contributed by atoms with Gasteiger partial charge < -0.3 is 4.74 Å². The SMILES string of the molecule is COC(c1nc(Cl)c2c(n1)CSC2)C(C)C. The highest BCUT2D eigenvalue weighted by Crippen LogP contribution is 2.34. The highest BCUT2D eigenvalue weighted by molar-refractivity contribution is 7.98. The second kappa shape index (κ2) is 4.90. The van der Waals surface area contributed by atoms with Crippen LogP contribution in [0.4, 0.5) is 0 Å². The third-order valence-corrected chi connectivity index (χ3v) is 3.94. The Balaban J connectivity index is 2.39. The van der Waals surface area contributed by atoms with Crippen LogP contribution in [0, 0.1) is 5.92 Å². The summed E-state index contributed by atoms with van der Waals surface area (Å²) in [5.74, 6) is 2.91. The molecule has 88 valence electrons. The third-order valence-electron chi connectivity index (χ3n) is 2.66. The summed E-state index contributed by atoms with van der Waals surface area (Å²) in [7, 11) is 1.68. The highest BCUT2D eigenvalue weighted by Gasteiger charge is 2.24. The second-order valence-electron chi connectivity index (χ2n) is 4.19. The molecule has 0 bridgehead atoms. The van der Waals surface area contributed by atoms with Gasteiger partial charge in [0.1, 0.15) is 11.3 Å². The van der Waals surface area contributed by atoms with Gasteiger partial charge in [0.15, 0.2) is 5.82 Å². The molecule has 0 amide bonds. The molecule has 0 N–H and O–H groups in total. The van der Waals surface area contributed by atoms with Gasteiger partial charge in [-0.15, -0.1) is 0 Å². The van der Waals surface area contributed by atoms with Crippen LogP contribution >= 0.6 is 23.4 Å². The quantitative estimate of drug-likeness (QED) is 0.780. The van der Waals surface area contributed by atoms with Crippen LogP contribution in [-0.4, -0.2) is 17.1 Å². The van der Waals surface area contributed by atoms with Gasteiger partial charge >= 0.3 is 0 Å². The van der Waals surface area contributed by atoms with Crippen molar-refractivity contribution in [2.75, 3.05) is 7.11 Å². The van der Waals surface area contributed by atoms with Crippen LogP contribution in [0.3, 0.4) is 0 Å². The fraction of sp³-hybridized carbons (Fsp3) is 0.636. The average molecular weight is 259 g/mol. The molecule has 5 heteroatoms. The van der Waals surface area contributed by atoms with Crippen LogP contribution < -0.4 is 0 Å². The normalized spacial score (nSPS) is 16.6. The van der Waals surface area contributed by atoms with Gasteiger partial charge in [-0.2, -0.15) is 11.8 Å². The van der Waals surface area contributed by atoms with Crippen LogP contribution in [-0.2, 0) is 16.2 Å². The molecule has 0 saturated heterocycles. The summed E-state index contributed by atoms with van der Waals surface area (Å²) in [5, 5.41) is 0.590.